The number of methoxy groups -OCH3 is 2. The molecular weight excluding hydrogens is 396 g/mol. The maximum absolute atomic E-state index is 6.13. The van der Waals surface area contributed by atoms with Gasteiger partial charge in [-0.15, -0.1) is 0 Å². The maximum atomic E-state index is 6.13. The fourth-order valence-corrected chi connectivity index (χ4v) is 2.91. The molecule has 0 unspecified atom stereocenters. The summed E-state index contributed by atoms with van der Waals surface area (Å²) in [7, 11) is 3.22. The highest BCUT2D eigenvalue weighted by molar-refractivity contribution is 9.09. The molecule has 0 saturated heterocycles. The van der Waals surface area contributed by atoms with Crippen LogP contribution in [-0.2, 0) is 0 Å². The van der Waals surface area contributed by atoms with Gasteiger partial charge in [0.1, 0.15) is 11.5 Å². The van der Waals surface area contributed by atoms with Gasteiger partial charge in [-0.2, -0.15) is 0 Å². The SMILES string of the molecule is COc1cc2nccc(Oc3cccc(NCCCBr)c3)c2cc1OC. The first kappa shape index (κ1) is 18.3. The maximum Gasteiger partial charge on any atom is 0.162 e. The molecule has 0 aliphatic heterocycles. The van der Waals surface area contributed by atoms with Gasteiger partial charge in [0, 0.05) is 41.3 Å². The second-order valence-corrected chi connectivity index (χ2v) is 6.43. The number of anilines is 1. The van der Waals surface area contributed by atoms with Gasteiger partial charge in [0.2, 0.25) is 0 Å². The van der Waals surface area contributed by atoms with E-state index in [4.69, 9.17) is 14.2 Å². The third kappa shape index (κ3) is 4.19. The number of aromatic nitrogens is 1. The van der Waals surface area contributed by atoms with Crippen LogP contribution in [0.15, 0.2) is 48.7 Å². The summed E-state index contributed by atoms with van der Waals surface area (Å²) in [5, 5.41) is 5.22. The molecule has 2 aromatic carbocycles. The van der Waals surface area contributed by atoms with Gasteiger partial charge in [-0.05, 0) is 30.7 Å². The number of rotatable bonds is 8. The van der Waals surface area contributed by atoms with Crippen molar-refractivity contribution in [3.8, 4) is 23.0 Å². The Bertz CT molecular complexity index is 886. The lowest BCUT2D eigenvalue weighted by molar-refractivity contribution is 0.355. The third-order valence-electron chi connectivity index (χ3n) is 3.91. The van der Waals surface area contributed by atoms with Gasteiger partial charge in [0.25, 0.3) is 0 Å². The molecule has 0 radical (unpaired) electrons. The van der Waals surface area contributed by atoms with Gasteiger partial charge in [0.05, 0.1) is 19.7 Å². The Balaban J connectivity index is 1.90. The van der Waals surface area contributed by atoms with Crippen LogP contribution in [0.1, 0.15) is 6.42 Å². The molecule has 0 fully saturated rings. The van der Waals surface area contributed by atoms with Gasteiger partial charge < -0.3 is 19.5 Å². The van der Waals surface area contributed by atoms with Crippen molar-refractivity contribution < 1.29 is 14.2 Å². The van der Waals surface area contributed by atoms with Crippen LogP contribution < -0.4 is 19.5 Å². The van der Waals surface area contributed by atoms with E-state index in [1.165, 1.54) is 0 Å². The molecule has 0 aliphatic carbocycles. The first-order chi connectivity index (χ1) is 12.7. The Morgan fingerprint density at radius 2 is 1.81 bits per heavy atom. The summed E-state index contributed by atoms with van der Waals surface area (Å²) in [6.07, 6.45) is 2.78. The predicted molar refractivity (Wildman–Crippen MR) is 108 cm³/mol. The van der Waals surface area contributed by atoms with Crippen LogP contribution in [0.4, 0.5) is 5.69 Å². The number of nitrogens with zero attached hydrogens (tertiary/aromatic N) is 1. The number of halogens is 1. The predicted octanol–water partition coefficient (Wildman–Crippen LogP) is 5.24. The van der Waals surface area contributed by atoms with Crippen LogP contribution in [-0.4, -0.2) is 31.1 Å². The number of hydrogen-bond donors (Lipinski definition) is 1. The Kier molecular flexibility index (Phi) is 6.17. The minimum Gasteiger partial charge on any atom is -0.493 e. The molecule has 1 N–H and O–H groups in total. The average molecular weight is 417 g/mol. The molecule has 3 rings (SSSR count). The highest BCUT2D eigenvalue weighted by atomic mass is 79.9. The number of fused-ring (bicyclic) bond motifs is 1. The van der Waals surface area contributed by atoms with Crippen LogP contribution in [0, 0.1) is 0 Å². The van der Waals surface area contributed by atoms with Gasteiger partial charge >= 0.3 is 0 Å². The standard InChI is InChI=1S/C20H21BrN2O3/c1-24-19-12-16-17(13-20(19)25-2)23-10-7-18(16)26-15-6-3-5-14(11-15)22-9-4-8-21/h3,5-7,10-13,22H,4,8-9H2,1-2H3. The number of nitrogens with one attached hydrogen (secondary N) is 1. The van der Waals surface area contributed by atoms with Gasteiger partial charge in [-0.3, -0.25) is 4.98 Å². The Morgan fingerprint density at radius 1 is 1.00 bits per heavy atom. The number of ether oxygens (including phenoxy) is 3. The molecule has 0 aliphatic rings. The molecule has 26 heavy (non-hydrogen) atoms. The third-order valence-corrected chi connectivity index (χ3v) is 4.47. The minimum atomic E-state index is 0.641. The van der Waals surface area contributed by atoms with E-state index in [1.54, 1.807) is 20.4 Å². The summed E-state index contributed by atoms with van der Waals surface area (Å²) in [5.41, 5.74) is 1.81. The Labute approximate surface area is 161 Å². The first-order valence-electron chi connectivity index (χ1n) is 8.33. The molecule has 0 saturated carbocycles. The lowest BCUT2D eigenvalue weighted by atomic mass is 10.2. The molecule has 1 aromatic heterocycles. The smallest absolute Gasteiger partial charge is 0.162 e. The number of hydrogen-bond acceptors (Lipinski definition) is 5. The zero-order chi connectivity index (χ0) is 18.4. The molecule has 0 amide bonds. The number of benzene rings is 2. The normalized spacial score (nSPS) is 10.6. The van der Waals surface area contributed by atoms with Crippen LogP contribution in [0.25, 0.3) is 10.9 Å². The molecule has 0 atom stereocenters. The fourth-order valence-electron chi connectivity index (χ4n) is 2.63. The van der Waals surface area contributed by atoms with Crippen LogP contribution in [0.3, 0.4) is 0 Å². The van der Waals surface area contributed by atoms with E-state index in [0.29, 0.717) is 17.2 Å². The highest BCUT2D eigenvalue weighted by Crippen LogP contribution is 2.37. The van der Waals surface area contributed by atoms with Crippen molar-refractivity contribution >= 4 is 32.5 Å². The van der Waals surface area contributed by atoms with Crippen molar-refractivity contribution in [2.45, 2.75) is 6.42 Å². The molecule has 5 nitrogen and oxygen atoms in total. The topological polar surface area (TPSA) is 52.6 Å². The minimum absolute atomic E-state index is 0.641. The van der Waals surface area contributed by atoms with E-state index in [9.17, 15) is 0 Å². The monoisotopic (exact) mass is 416 g/mol. The molecule has 6 heteroatoms. The van der Waals surface area contributed by atoms with Crippen molar-refractivity contribution in [2.24, 2.45) is 0 Å². The van der Waals surface area contributed by atoms with E-state index in [1.807, 2.05) is 42.5 Å². The number of alkyl halides is 1. The summed E-state index contributed by atoms with van der Waals surface area (Å²) in [4.78, 5) is 4.40. The molecule has 1 heterocycles. The highest BCUT2D eigenvalue weighted by Gasteiger charge is 2.11. The molecule has 3 aromatic rings. The molecule has 0 bridgehead atoms. The van der Waals surface area contributed by atoms with E-state index >= 15 is 0 Å². The van der Waals surface area contributed by atoms with Gasteiger partial charge in [0.15, 0.2) is 11.5 Å². The summed E-state index contributed by atoms with van der Waals surface area (Å²) in [6, 6.07) is 13.5. The van der Waals surface area contributed by atoms with Gasteiger partial charge in [-0.1, -0.05) is 22.0 Å². The Hall–Kier alpha value is -2.47. The summed E-state index contributed by atoms with van der Waals surface area (Å²) >= 11 is 3.44. The second kappa shape index (κ2) is 8.76. The van der Waals surface area contributed by atoms with Crippen molar-refractivity contribution in [1.29, 1.82) is 0 Å². The number of pyridine rings is 1. The van der Waals surface area contributed by atoms with Crippen LogP contribution in [0.5, 0.6) is 23.0 Å². The second-order valence-electron chi connectivity index (χ2n) is 5.63. The van der Waals surface area contributed by atoms with Crippen LogP contribution >= 0.6 is 15.9 Å². The summed E-state index contributed by atoms with van der Waals surface area (Å²) < 4.78 is 16.9. The Morgan fingerprint density at radius 3 is 2.58 bits per heavy atom. The van der Waals surface area contributed by atoms with E-state index in [2.05, 4.69) is 26.2 Å². The van der Waals surface area contributed by atoms with Crippen LogP contribution in [0.2, 0.25) is 0 Å². The van der Waals surface area contributed by atoms with Crippen molar-refractivity contribution in [3.05, 3.63) is 48.7 Å². The quantitative estimate of drug-likeness (QED) is 0.401. The molecular formula is C20H21BrN2O3. The van der Waals surface area contributed by atoms with Crippen molar-refractivity contribution in [3.63, 3.8) is 0 Å². The van der Waals surface area contributed by atoms with Gasteiger partial charge in [-0.25, -0.2) is 0 Å². The lowest BCUT2D eigenvalue weighted by Gasteiger charge is -2.13. The average Bonchev–Trinajstić information content (AvgIpc) is 2.67. The molecule has 136 valence electrons. The van der Waals surface area contributed by atoms with Crippen molar-refractivity contribution in [1.82, 2.24) is 4.98 Å². The summed E-state index contributed by atoms with van der Waals surface area (Å²) in [5.74, 6) is 2.76. The van der Waals surface area contributed by atoms with E-state index in [0.717, 1.165) is 40.6 Å². The molecule has 0 spiro atoms. The largest absolute Gasteiger partial charge is 0.493 e. The van der Waals surface area contributed by atoms with E-state index in [-0.39, 0.29) is 0 Å². The zero-order valence-electron chi connectivity index (χ0n) is 14.8. The zero-order valence-corrected chi connectivity index (χ0v) is 16.4. The lowest BCUT2D eigenvalue weighted by Crippen LogP contribution is -2.01. The van der Waals surface area contributed by atoms with Crippen molar-refractivity contribution in [2.75, 3.05) is 31.4 Å². The van der Waals surface area contributed by atoms with E-state index < -0.39 is 0 Å². The fraction of sp³-hybridized carbons (Fsp3) is 0.250. The first-order valence-corrected chi connectivity index (χ1v) is 9.46. The summed E-state index contributed by atoms with van der Waals surface area (Å²) in [6.45, 7) is 0.907.